The van der Waals surface area contributed by atoms with E-state index in [2.05, 4.69) is 10.2 Å². The molecular weight excluding hydrogens is 331 g/mol. The van der Waals surface area contributed by atoms with Gasteiger partial charge in [0.2, 0.25) is 0 Å². The van der Waals surface area contributed by atoms with Crippen molar-refractivity contribution in [2.45, 2.75) is 0 Å². The van der Waals surface area contributed by atoms with Gasteiger partial charge in [-0.05, 0) is 18.4 Å². The average Bonchev–Trinajstić information content (AvgIpc) is 2.34. The Morgan fingerprint density at radius 3 is 2.37 bits per heavy atom. The Bertz CT molecular complexity index is 574. The first-order chi connectivity index (χ1) is 8.86. The summed E-state index contributed by atoms with van der Waals surface area (Å²) in [4.78, 5) is 11.4. The molecule has 0 radical (unpaired) electrons. The summed E-state index contributed by atoms with van der Waals surface area (Å²) in [6.45, 7) is 0. The predicted octanol–water partition coefficient (Wildman–Crippen LogP) is 2.51. The van der Waals surface area contributed by atoms with Crippen LogP contribution in [0.5, 0.6) is 0 Å². The molecule has 0 spiro atoms. The van der Waals surface area contributed by atoms with E-state index in [0.29, 0.717) is 5.02 Å². The fourth-order valence-corrected chi connectivity index (χ4v) is 1.92. The number of benzene rings is 1. The zero-order chi connectivity index (χ0) is 14.6. The number of hydrogen-bond donors (Lipinski definition) is 2. The van der Waals surface area contributed by atoms with E-state index in [-0.39, 0.29) is 26.5 Å². The molecule has 0 heterocycles. The Morgan fingerprint density at radius 1 is 1.21 bits per heavy atom. The van der Waals surface area contributed by atoms with E-state index in [4.69, 9.17) is 46.3 Å². The summed E-state index contributed by atoms with van der Waals surface area (Å²) in [7, 11) is 0. The first-order valence-electron chi connectivity index (χ1n) is 4.76. The summed E-state index contributed by atoms with van der Waals surface area (Å²) >= 11 is 18.9. The molecular formula is C10H9Cl3N4OS. The number of carbonyl (C=O) groups excluding carboxylic acids is 1. The van der Waals surface area contributed by atoms with Crippen molar-refractivity contribution in [3.8, 4) is 0 Å². The highest BCUT2D eigenvalue weighted by atomic mass is 35.5. The number of rotatable bonds is 3. The van der Waals surface area contributed by atoms with Crippen molar-refractivity contribution in [2.75, 3.05) is 6.26 Å². The van der Waals surface area contributed by atoms with Crippen LogP contribution in [0.15, 0.2) is 22.3 Å². The molecule has 0 unspecified atom stereocenters. The van der Waals surface area contributed by atoms with Gasteiger partial charge in [-0.2, -0.15) is 0 Å². The minimum Gasteiger partial charge on any atom is -0.377 e. The maximum atomic E-state index is 11.4. The van der Waals surface area contributed by atoms with E-state index in [1.165, 1.54) is 23.9 Å². The quantitative estimate of drug-likeness (QED) is 0.383. The van der Waals surface area contributed by atoms with Gasteiger partial charge in [0.05, 0.1) is 10.0 Å². The molecule has 19 heavy (non-hydrogen) atoms. The molecule has 5 nitrogen and oxygen atoms in total. The minimum absolute atomic E-state index is 0.113. The number of hydrogen-bond acceptors (Lipinski definition) is 4. The van der Waals surface area contributed by atoms with E-state index < -0.39 is 5.91 Å². The largest absolute Gasteiger partial charge is 0.377 e. The number of carbonyl (C=O) groups is 1. The monoisotopic (exact) mass is 338 g/mol. The lowest BCUT2D eigenvalue weighted by Crippen LogP contribution is -2.24. The van der Waals surface area contributed by atoms with Crippen LogP contribution < -0.4 is 11.5 Å². The third kappa shape index (κ3) is 4.28. The molecule has 0 aliphatic heterocycles. The van der Waals surface area contributed by atoms with Crippen LogP contribution in [-0.2, 0) is 4.79 Å². The van der Waals surface area contributed by atoms with E-state index in [1.807, 2.05) is 0 Å². The Labute approximate surface area is 129 Å². The third-order valence-electron chi connectivity index (χ3n) is 1.94. The number of amidine groups is 1. The van der Waals surface area contributed by atoms with Crippen molar-refractivity contribution >= 4 is 63.4 Å². The second kappa shape index (κ2) is 7.00. The van der Waals surface area contributed by atoms with Gasteiger partial charge >= 0.3 is 0 Å². The van der Waals surface area contributed by atoms with Crippen LogP contribution in [0.2, 0.25) is 15.1 Å². The molecule has 0 atom stereocenters. The van der Waals surface area contributed by atoms with Gasteiger partial charge in [-0.1, -0.05) is 46.6 Å². The number of halogens is 3. The third-order valence-corrected chi connectivity index (χ3v) is 3.46. The van der Waals surface area contributed by atoms with Crippen LogP contribution in [0.25, 0.3) is 0 Å². The Balaban J connectivity index is 3.40. The average molecular weight is 340 g/mol. The molecule has 4 N–H and O–H groups in total. The first-order valence-corrected chi connectivity index (χ1v) is 7.12. The molecule has 0 bridgehead atoms. The molecule has 0 fully saturated rings. The number of amides is 1. The van der Waals surface area contributed by atoms with Gasteiger partial charge in [0.1, 0.15) is 0 Å². The highest BCUT2D eigenvalue weighted by Crippen LogP contribution is 2.30. The summed E-state index contributed by atoms with van der Waals surface area (Å²) in [5.74, 6) is -0.821. The lowest BCUT2D eigenvalue weighted by molar-refractivity contribution is -0.111. The van der Waals surface area contributed by atoms with Gasteiger partial charge in [0, 0.05) is 10.6 Å². The number of nitrogens with two attached hydrogens (primary N) is 2. The van der Waals surface area contributed by atoms with Gasteiger partial charge < -0.3 is 11.5 Å². The first kappa shape index (κ1) is 16.1. The van der Waals surface area contributed by atoms with Gasteiger partial charge in [-0.25, -0.2) is 0 Å². The fourth-order valence-electron chi connectivity index (χ4n) is 1.10. The molecule has 0 saturated heterocycles. The van der Waals surface area contributed by atoms with Crippen molar-refractivity contribution in [3.63, 3.8) is 0 Å². The summed E-state index contributed by atoms with van der Waals surface area (Å²) < 4.78 is 0. The maximum absolute atomic E-state index is 11.4. The van der Waals surface area contributed by atoms with E-state index in [0.717, 1.165) is 0 Å². The molecule has 0 aliphatic rings. The molecule has 0 aliphatic carbocycles. The standard InChI is InChI=1S/C10H9Cl3N4OS/c1-19-10(15)17-16-8(9(14)18)5-2-4(11)3-6(12)7(5)13/h2-3H,1H3,(H2,14,18)(H2,15,17)/b16-8+. The highest BCUT2D eigenvalue weighted by Gasteiger charge is 2.17. The smallest absolute Gasteiger partial charge is 0.269 e. The van der Waals surface area contributed by atoms with Crippen molar-refractivity contribution in [2.24, 2.45) is 21.7 Å². The zero-order valence-electron chi connectivity index (χ0n) is 9.65. The Kier molecular flexibility index (Phi) is 5.93. The topological polar surface area (TPSA) is 93.8 Å². The van der Waals surface area contributed by atoms with Crippen LogP contribution >= 0.6 is 46.6 Å². The summed E-state index contributed by atoms with van der Waals surface area (Å²) in [5, 5.41) is 8.08. The molecule has 1 aromatic rings. The molecule has 1 amide bonds. The molecule has 102 valence electrons. The second-order valence-corrected chi connectivity index (χ2v) is 5.25. The summed E-state index contributed by atoms with van der Waals surface area (Å²) in [6, 6.07) is 2.86. The van der Waals surface area contributed by atoms with E-state index in [9.17, 15) is 4.79 Å². The van der Waals surface area contributed by atoms with E-state index >= 15 is 0 Å². The van der Waals surface area contributed by atoms with Crippen LogP contribution in [0.3, 0.4) is 0 Å². The lowest BCUT2D eigenvalue weighted by atomic mass is 10.1. The lowest BCUT2D eigenvalue weighted by Gasteiger charge is -2.06. The van der Waals surface area contributed by atoms with E-state index in [1.54, 1.807) is 6.26 Å². The van der Waals surface area contributed by atoms with Gasteiger partial charge in [0.25, 0.3) is 5.91 Å². The Hall–Kier alpha value is -0.950. The zero-order valence-corrected chi connectivity index (χ0v) is 12.7. The van der Waals surface area contributed by atoms with Crippen LogP contribution in [0.4, 0.5) is 0 Å². The van der Waals surface area contributed by atoms with Crippen molar-refractivity contribution in [1.82, 2.24) is 0 Å². The van der Waals surface area contributed by atoms with Gasteiger partial charge in [-0.3, -0.25) is 4.79 Å². The highest BCUT2D eigenvalue weighted by molar-refractivity contribution is 8.13. The molecule has 9 heteroatoms. The summed E-state index contributed by atoms with van der Waals surface area (Å²) in [6.07, 6.45) is 1.71. The summed E-state index contributed by atoms with van der Waals surface area (Å²) in [5.41, 5.74) is 10.7. The molecule has 1 aromatic carbocycles. The normalized spacial score (nSPS) is 12.6. The number of primary amides is 1. The molecule has 1 rings (SSSR count). The minimum atomic E-state index is -0.821. The SMILES string of the molecule is CSC(N)=N/N=C(/C(N)=O)c1cc(Cl)cc(Cl)c1Cl. The van der Waals surface area contributed by atoms with Crippen LogP contribution in [0, 0.1) is 0 Å². The van der Waals surface area contributed by atoms with Crippen LogP contribution in [-0.4, -0.2) is 23.0 Å². The van der Waals surface area contributed by atoms with Crippen molar-refractivity contribution < 1.29 is 4.79 Å². The molecule has 0 saturated carbocycles. The van der Waals surface area contributed by atoms with Crippen molar-refractivity contribution in [1.29, 1.82) is 0 Å². The van der Waals surface area contributed by atoms with Crippen molar-refractivity contribution in [3.05, 3.63) is 32.8 Å². The maximum Gasteiger partial charge on any atom is 0.269 e. The Morgan fingerprint density at radius 2 is 1.84 bits per heavy atom. The predicted molar refractivity (Wildman–Crippen MR) is 82.3 cm³/mol. The number of thioether (sulfide) groups is 1. The van der Waals surface area contributed by atoms with Gasteiger partial charge in [-0.15, -0.1) is 10.2 Å². The second-order valence-electron chi connectivity index (χ2n) is 3.20. The van der Waals surface area contributed by atoms with Crippen LogP contribution in [0.1, 0.15) is 5.56 Å². The fraction of sp³-hybridized carbons (Fsp3) is 0.100. The molecule has 0 aromatic heterocycles. The van der Waals surface area contributed by atoms with Gasteiger partial charge in [0.15, 0.2) is 10.9 Å². The number of nitrogens with zero attached hydrogens (tertiary/aromatic N) is 2.